The highest BCUT2D eigenvalue weighted by molar-refractivity contribution is 7.18. The summed E-state index contributed by atoms with van der Waals surface area (Å²) in [6.07, 6.45) is 3.71. The van der Waals surface area contributed by atoms with Crippen molar-refractivity contribution in [3.05, 3.63) is 28.7 Å². The third-order valence-electron chi connectivity index (χ3n) is 4.51. The van der Waals surface area contributed by atoms with Crippen LogP contribution in [0.3, 0.4) is 0 Å². The number of nitrogens with zero attached hydrogens (tertiary/aromatic N) is 1. The Morgan fingerprint density at radius 3 is 2.71 bits per heavy atom. The molecule has 0 aromatic carbocycles. The molecule has 0 saturated carbocycles. The summed E-state index contributed by atoms with van der Waals surface area (Å²) in [7, 11) is 0. The molecule has 1 fully saturated rings. The molecule has 0 spiro atoms. The molecule has 28 heavy (non-hydrogen) atoms. The number of nitrogens with one attached hydrogen (secondary N) is 1. The number of thiophene rings is 1. The Morgan fingerprint density at radius 2 is 2.07 bits per heavy atom. The molecule has 0 unspecified atom stereocenters. The molecule has 1 aliphatic rings. The third kappa shape index (κ3) is 5.65. The second-order valence-corrected chi connectivity index (χ2v) is 7.92. The second-order valence-electron chi connectivity index (χ2n) is 6.90. The molecule has 8 heteroatoms. The Labute approximate surface area is 169 Å². The van der Waals surface area contributed by atoms with Crippen LogP contribution in [-0.2, 0) is 14.3 Å². The molecule has 154 valence electrons. The number of amides is 1. The summed E-state index contributed by atoms with van der Waals surface area (Å²) in [5.74, 6) is -0.780. The minimum atomic E-state index is -0.569. The minimum absolute atomic E-state index is 0.0692. The summed E-state index contributed by atoms with van der Waals surface area (Å²) in [5.41, 5.74) is 0.650. The van der Waals surface area contributed by atoms with Crippen LogP contribution < -0.4 is 5.32 Å². The van der Waals surface area contributed by atoms with Crippen molar-refractivity contribution in [2.45, 2.75) is 33.6 Å². The number of esters is 2. The molecular weight excluding hydrogens is 380 g/mol. The predicted molar refractivity (Wildman–Crippen MR) is 109 cm³/mol. The zero-order valence-corrected chi connectivity index (χ0v) is 17.5. The highest BCUT2D eigenvalue weighted by atomic mass is 32.1. The van der Waals surface area contributed by atoms with Gasteiger partial charge in [-0.2, -0.15) is 0 Å². The lowest BCUT2D eigenvalue weighted by Gasteiger charge is -2.30. The highest BCUT2D eigenvalue weighted by Gasteiger charge is 2.28. The van der Waals surface area contributed by atoms with Crippen molar-refractivity contribution in [1.29, 1.82) is 0 Å². The van der Waals surface area contributed by atoms with Gasteiger partial charge in [-0.3, -0.25) is 9.69 Å². The van der Waals surface area contributed by atoms with Crippen LogP contribution in [0.5, 0.6) is 0 Å². The van der Waals surface area contributed by atoms with E-state index in [9.17, 15) is 14.4 Å². The molecule has 1 atom stereocenters. The van der Waals surface area contributed by atoms with Gasteiger partial charge in [0.15, 0.2) is 0 Å². The molecule has 0 aliphatic carbocycles. The normalized spacial score (nSPS) is 17.0. The lowest BCUT2D eigenvalue weighted by molar-refractivity contribution is -0.117. The zero-order chi connectivity index (χ0) is 20.7. The Kier molecular flexibility index (Phi) is 8.19. The van der Waals surface area contributed by atoms with Gasteiger partial charge >= 0.3 is 11.9 Å². The summed E-state index contributed by atoms with van der Waals surface area (Å²) in [5, 5.41) is 3.11. The SMILES string of the molecule is C=CCOC(=O)c1sc(NC(=O)CN2CCC[C@H](C)C2)c(C(=O)OCC)c1C. The van der Waals surface area contributed by atoms with Gasteiger partial charge in [0, 0.05) is 6.54 Å². The Balaban J connectivity index is 2.20. The van der Waals surface area contributed by atoms with Crippen LogP contribution in [0.1, 0.15) is 52.3 Å². The van der Waals surface area contributed by atoms with Gasteiger partial charge < -0.3 is 14.8 Å². The maximum atomic E-state index is 12.6. The summed E-state index contributed by atoms with van der Waals surface area (Å²) in [6, 6.07) is 0. The van der Waals surface area contributed by atoms with Crippen LogP contribution in [0.4, 0.5) is 5.00 Å². The van der Waals surface area contributed by atoms with Gasteiger partial charge in [-0.25, -0.2) is 9.59 Å². The lowest BCUT2D eigenvalue weighted by atomic mass is 10.0. The molecule has 1 aromatic heterocycles. The second kappa shape index (κ2) is 10.4. The molecular formula is C20H28N2O5S. The van der Waals surface area contributed by atoms with Crippen LogP contribution in [0, 0.1) is 12.8 Å². The van der Waals surface area contributed by atoms with Crippen molar-refractivity contribution >= 4 is 34.2 Å². The van der Waals surface area contributed by atoms with Crippen molar-refractivity contribution in [1.82, 2.24) is 4.90 Å². The van der Waals surface area contributed by atoms with Crippen LogP contribution in [0.2, 0.25) is 0 Å². The third-order valence-corrected chi connectivity index (χ3v) is 5.69. The molecule has 1 aromatic rings. The van der Waals surface area contributed by atoms with Gasteiger partial charge in [-0.15, -0.1) is 11.3 Å². The van der Waals surface area contributed by atoms with E-state index in [0.717, 1.165) is 30.8 Å². The average Bonchev–Trinajstić information content (AvgIpc) is 2.95. The quantitative estimate of drug-likeness (QED) is 0.525. The van der Waals surface area contributed by atoms with E-state index in [4.69, 9.17) is 9.47 Å². The topological polar surface area (TPSA) is 84.9 Å². The van der Waals surface area contributed by atoms with E-state index in [-0.39, 0.29) is 36.1 Å². The number of likely N-dealkylation sites (tertiary alicyclic amines) is 1. The summed E-state index contributed by atoms with van der Waals surface area (Å²) < 4.78 is 10.2. The number of hydrogen-bond donors (Lipinski definition) is 1. The van der Waals surface area contributed by atoms with Crippen molar-refractivity contribution in [2.24, 2.45) is 5.92 Å². The summed E-state index contributed by atoms with van der Waals surface area (Å²) >= 11 is 1.03. The monoisotopic (exact) mass is 408 g/mol. The molecule has 0 bridgehead atoms. The molecule has 1 N–H and O–H groups in total. The van der Waals surface area contributed by atoms with Gasteiger partial charge in [-0.05, 0) is 44.7 Å². The first-order chi connectivity index (χ1) is 13.4. The van der Waals surface area contributed by atoms with Gasteiger partial charge in [-0.1, -0.05) is 19.6 Å². The first kappa shape index (κ1) is 22.1. The molecule has 0 radical (unpaired) electrons. The largest absolute Gasteiger partial charge is 0.462 e. The number of anilines is 1. The van der Waals surface area contributed by atoms with E-state index >= 15 is 0 Å². The molecule has 2 heterocycles. The van der Waals surface area contributed by atoms with Crippen LogP contribution in [0.15, 0.2) is 12.7 Å². The van der Waals surface area contributed by atoms with Crippen LogP contribution >= 0.6 is 11.3 Å². The standard InChI is InChI=1S/C20H28N2O5S/c1-5-10-27-20(25)17-14(4)16(19(24)26-6-2)18(28-17)21-15(23)12-22-9-7-8-13(3)11-22/h5,13H,1,6-12H2,2-4H3,(H,21,23)/t13-/m0/s1. The Hall–Kier alpha value is -2.19. The summed E-state index contributed by atoms with van der Waals surface area (Å²) in [4.78, 5) is 39.6. The van der Waals surface area contributed by atoms with Gasteiger partial charge in [0.05, 0.1) is 18.7 Å². The minimum Gasteiger partial charge on any atom is -0.462 e. The van der Waals surface area contributed by atoms with E-state index in [2.05, 4.69) is 23.7 Å². The fraction of sp³-hybridized carbons (Fsp3) is 0.550. The molecule has 1 saturated heterocycles. The van der Waals surface area contributed by atoms with Gasteiger partial charge in [0.1, 0.15) is 16.5 Å². The van der Waals surface area contributed by atoms with Crippen molar-refractivity contribution in [3.63, 3.8) is 0 Å². The maximum absolute atomic E-state index is 12.6. The lowest BCUT2D eigenvalue weighted by Crippen LogP contribution is -2.39. The number of hydrogen-bond acceptors (Lipinski definition) is 7. The highest BCUT2D eigenvalue weighted by Crippen LogP contribution is 2.34. The van der Waals surface area contributed by atoms with E-state index in [0.29, 0.717) is 16.5 Å². The van der Waals surface area contributed by atoms with E-state index in [1.165, 1.54) is 12.5 Å². The average molecular weight is 409 g/mol. The fourth-order valence-electron chi connectivity index (χ4n) is 3.25. The van der Waals surface area contributed by atoms with Crippen LogP contribution in [0.25, 0.3) is 0 Å². The van der Waals surface area contributed by atoms with E-state index in [1.807, 2.05) is 0 Å². The number of rotatable bonds is 8. The van der Waals surface area contributed by atoms with Crippen molar-refractivity contribution < 1.29 is 23.9 Å². The van der Waals surface area contributed by atoms with Gasteiger partial charge in [0.2, 0.25) is 5.91 Å². The molecule has 1 aliphatic heterocycles. The molecule has 7 nitrogen and oxygen atoms in total. The Morgan fingerprint density at radius 1 is 1.32 bits per heavy atom. The van der Waals surface area contributed by atoms with Crippen LogP contribution in [-0.4, -0.2) is 55.6 Å². The number of carbonyl (C=O) groups is 3. The predicted octanol–water partition coefficient (Wildman–Crippen LogP) is 3.25. The molecule has 1 amide bonds. The van der Waals surface area contributed by atoms with Crippen molar-refractivity contribution in [3.8, 4) is 0 Å². The molecule has 2 rings (SSSR count). The zero-order valence-electron chi connectivity index (χ0n) is 16.7. The van der Waals surface area contributed by atoms with E-state index < -0.39 is 11.9 Å². The fourth-order valence-corrected chi connectivity index (χ4v) is 4.35. The van der Waals surface area contributed by atoms with Gasteiger partial charge in [0.25, 0.3) is 0 Å². The number of piperidine rings is 1. The first-order valence-electron chi connectivity index (χ1n) is 9.48. The Bertz CT molecular complexity index is 743. The number of carbonyl (C=O) groups excluding carboxylic acids is 3. The summed E-state index contributed by atoms with van der Waals surface area (Å²) in [6.45, 7) is 11.3. The van der Waals surface area contributed by atoms with Crippen molar-refractivity contribution in [2.75, 3.05) is 38.2 Å². The first-order valence-corrected chi connectivity index (χ1v) is 10.3. The maximum Gasteiger partial charge on any atom is 0.348 e. The number of ether oxygens (including phenoxy) is 2. The smallest absolute Gasteiger partial charge is 0.348 e. The van der Waals surface area contributed by atoms with E-state index in [1.54, 1.807) is 13.8 Å².